The zero-order valence-corrected chi connectivity index (χ0v) is 15.3. The molecular weight excluding hydrogens is 312 g/mol. The van der Waals surface area contributed by atoms with Gasteiger partial charge in [0.15, 0.2) is 0 Å². The van der Waals surface area contributed by atoms with Crippen molar-refractivity contribution in [2.45, 2.75) is 19.4 Å². The highest BCUT2D eigenvalue weighted by molar-refractivity contribution is 5.89. The van der Waals surface area contributed by atoms with Gasteiger partial charge < -0.3 is 14.4 Å². The second-order valence-corrected chi connectivity index (χ2v) is 7.38. The molecule has 0 bridgehead atoms. The van der Waals surface area contributed by atoms with Crippen LogP contribution in [0.2, 0.25) is 0 Å². The van der Waals surface area contributed by atoms with Crippen molar-refractivity contribution in [3.05, 3.63) is 36.0 Å². The fraction of sp³-hybridized carbons (Fsp3) is 0.550. The second kappa shape index (κ2) is 6.81. The fourth-order valence-corrected chi connectivity index (χ4v) is 4.18. The molecule has 0 radical (unpaired) electrons. The van der Waals surface area contributed by atoms with Crippen molar-refractivity contribution in [2.75, 3.05) is 45.8 Å². The average molecular weight is 340 g/mol. The molecule has 2 aliphatic heterocycles. The van der Waals surface area contributed by atoms with Crippen molar-refractivity contribution in [3.63, 3.8) is 0 Å². The van der Waals surface area contributed by atoms with Gasteiger partial charge in [0, 0.05) is 69.5 Å². The van der Waals surface area contributed by atoms with E-state index in [4.69, 9.17) is 0 Å². The number of likely N-dealkylation sites (tertiary alicyclic amines) is 1. The van der Waals surface area contributed by atoms with Gasteiger partial charge in [-0.1, -0.05) is 25.1 Å². The molecule has 2 aromatic rings. The molecule has 25 heavy (non-hydrogen) atoms. The van der Waals surface area contributed by atoms with Gasteiger partial charge in [-0.05, 0) is 18.2 Å². The Balaban J connectivity index is 1.33. The van der Waals surface area contributed by atoms with Gasteiger partial charge in [-0.2, -0.15) is 0 Å². The molecular formula is C20H28N4O. The number of nitrogens with zero attached hydrogens (tertiary/aromatic N) is 4. The molecule has 0 spiro atoms. The Kier molecular flexibility index (Phi) is 4.52. The lowest BCUT2D eigenvalue weighted by Gasteiger charge is -2.48. The SMILES string of the molecule is CCN1CCN(C2CN(C(=O)Cc3cn(C)c4ccccc34)C2)CC1. The number of likely N-dealkylation sites (N-methyl/N-ethyl adjacent to an activating group) is 1. The van der Waals surface area contributed by atoms with Crippen LogP contribution in [0.3, 0.4) is 0 Å². The quantitative estimate of drug-likeness (QED) is 0.847. The molecule has 3 heterocycles. The molecule has 2 saturated heterocycles. The first-order valence-electron chi connectivity index (χ1n) is 9.43. The number of carbonyl (C=O) groups is 1. The number of carbonyl (C=O) groups excluding carboxylic acids is 1. The number of benzene rings is 1. The van der Waals surface area contributed by atoms with Crippen LogP contribution >= 0.6 is 0 Å². The molecule has 2 fully saturated rings. The third-order valence-electron chi connectivity index (χ3n) is 5.91. The lowest BCUT2D eigenvalue weighted by molar-refractivity contribution is -0.138. The number of para-hydroxylation sites is 1. The molecule has 5 nitrogen and oxygen atoms in total. The standard InChI is InChI=1S/C20H28N4O/c1-3-22-8-10-23(11-9-22)17-14-24(15-17)20(25)12-16-13-21(2)19-7-5-4-6-18(16)19/h4-7,13,17H,3,8-12,14-15H2,1-2H3. The number of piperazine rings is 1. The van der Waals surface area contributed by atoms with Gasteiger partial charge in [-0.3, -0.25) is 9.69 Å². The zero-order chi connectivity index (χ0) is 17.4. The number of rotatable bonds is 4. The van der Waals surface area contributed by atoms with Crippen molar-refractivity contribution < 1.29 is 4.79 Å². The van der Waals surface area contributed by atoms with Crippen molar-refractivity contribution in [3.8, 4) is 0 Å². The minimum atomic E-state index is 0.264. The molecule has 1 aromatic heterocycles. The van der Waals surface area contributed by atoms with E-state index in [2.05, 4.69) is 39.6 Å². The number of aromatic nitrogens is 1. The Bertz CT molecular complexity index is 754. The Labute approximate surface area is 149 Å². The van der Waals surface area contributed by atoms with Crippen LogP contribution in [0.5, 0.6) is 0 Å². The van der Waals surface area contributed by atoms with Gasteiger partial charge in [0.2, 0.25) is 5.91 Å². The summed E-state index contributed by atoms with van der Waals surface area (Å²) in [7, 11) is 2.05. The smallest absolute Gasteiger partial charge is 0.227 e. The summed E-state index contributed by atoms with van der Waals surface area (Å²) in [6, 6.07) is 8.89. The maximum Gasteiger partial charge on any atom is 0.227 e. The molecule has 0 saturated carbocycles. The molecule has 2 aliphatic rings. The Hall–Kier alpha value is -1.85. The predicted molar refractivity (Wildman–Crippen MR) is 101 cm³/mol. The molecule has 4 rings (SSSR count). The van der Waals surface area contributed by atoms with Gasteiger partial charge in [0.05, 0.1) is 6.42 Å². The maximum absolute atomic E-state index is 12.7. The topological polar surface area (TPSA) is 31.7 Å². The van der Waals surface area contributed by atoms with Gasteiger partial charge in [0.1, 0.15) is 0 Å². The van der Waals surface area contributed by atoms with E-state index in [1.807, 2.05) is 24.1 Å². The third-order valence-corrected chi connectivity index (χ3v) is 5.91. The van der Waals surface area contributed by atoms with Crippen LogP contribution in [-0.4, -0.2) is 77.0 Å². The van der Waals surface area contributed by atoms with Crippen LogP contribution in [0.25, 0.3) is 10.9 Å². The normalized spacial score (nSPS) is 20.2. The van der Waals surface area contributed by atoms with E-state index in [9.17, 15) is 4.79 Å². The van der Waals surface area contributed by atoms with Gasteiger partial charge in [-0.25, -0.2) is 0 Å². The van der Waals surface area contributed by atoms with Crippen LogP contribution in [0.15, 0.2) is 30.5 Å². The van der Waals surface area contributed by atoms with Crippen LogP contribution in [0.1, 0.15) is 12.5 Å². The lowest BCUT2D eigenvalue weighted by atomic mass is 10.0. The average Bonchev–Trinajstić information content (AvgIpc) is 2.90. The summed E-state index contributed by atoms with van der Waals surface area (Å²) in [4.78, 5) is 19.8. The summed E-state index contributed by atoms with van der Waals surface area (Å²) in [5.41, 5.74) is 2.34. The summed E-state index contributed by atoms with van der Waals surface area (Å²) in [6.07, 6.45) is 2.61. The maximum atomic E-state index is 12.7. The first-order chi connectivity index (χ1) is 12.2. The minimum Gasteiger partial charge on any atom is -0.350 e. The molecule has 0 atom stereocenters. The highest BCUT2D eigenvalue weighted by atomic mass is 16.2. The fourth-order valence-electron chi connectivity index (χ4n) is 4.18. The summed E-state index contributed by atoms with van der Waals surface area (Å²) in [5.74, 6) is 0.264. The minimum absolute atomic E-state index is 0.264. The molecule has 0 N–H and O–H groups in total. The highest BCUT2D eigenvalue weighted by Gasteiger charge is 2.35. The lowest BCUT2D eigenvalue weighted by Crippen LogP contribution is -2.64. The van der Waals surface area contributed by atoms with E-state index in [1.54, 1.807) is 0 Å². The number of hydrogen-bond donors (Lipinski definition) is 0. The van der Waals surface area contributed by atoms with E-state index in [-0.39, 0.29) is 5.91 Å². The molecule has 1 amide bonds. The molecule has 0 aliphatic carbocycles. The van der Waals surface area contributed by atoms with Crippen molar-refractivity contribution >= 4 is 16.8 Å². The number of aryl methyl sites for hydroxylation is 1. The van der Waals surface area contributed by atoms with E-state index < -0.39 is 0 Å². The van der Waals surface area contributed by atoms with E-state index in [0.29, 0.717) is 12.5 Å². The van der Waals surface area contributed by atoms with E-state index in [0.717, 1.165) is 51.4 Å². The van der Waals surface area contributed by atoms with Gasteiger partial charge in [-0.15, -0.1) is 0 Å². The molecule has 1 aromatic carbocycles. The van der Waals surface area contributed by atoms with Crippen LogP contribution < -0.4 is 0 Å². The summed E-state index contributed by atoms with van der Waals surface area (Å²) in [5, 5.41) is 1.20. The number of amides is 1. The zero-order valence-electron chi connectivity index (χ0n) is 15.3. The number of hydrogen-bond acceptors (Lipinski definition) is 3. The Morgan fingerprint density at radius 3 is 2.56 bits per heavy atom. The molecule has 134 valence electrons. The number of fused-ring (bicyclic) bond motifs is 1. The Morgan fingerprint density at radius 2 is 1.84 bits per heavy atom. The third kappa shape index (κ3) is 3.18. The van der Waals surface area contributed by atoms with Crippen molar-refractivity contribution in [1.29, 1.82) is 0 Å². The molecule has 0 unspecified atom stereocenters. The van der Waals surface area contributed by atoms with Crippen LogP contribution in [0.4, 0.5) is 0 Å². The largest absolute Gasteiger partial charge is 0.350 e. The van der Waals surface area contributed by atoms with Crippen molar-refractivity contribution in [1.82, 2.24) is 19.3 Å². The summed E-state index contributed by atoms with van der Waals surface area (Å²) < 4.78 is 2.12. The van der Waals surface area contributed by atoms with Crippen LogP contribution in [0, 0.1) is 0 Å². The van der Waals surface area contributed by atoms with Crippen molar-refractivity contribution in [2.24, 2.45) is 7.05 Å². The van der Waals surface area contributed by atoms with E-state index >= 15 is 0 Å². The van der Waals surface area contributed by atoms with Gasteiger partial charge >= 0.3 is 0 Å². The summed E-state index contributed by atoms with van der Waals surface area (Å²) >= 11 is 0. The molecule has 5 heteroatoms. The predicted octanol–water partition coefficient (Wildman–Crippen LogP) is 1.57. The van der Waals surface area contributed by atoms with Crippen LogP contribution in [-0.2, 0) is 18.3 Å². The summed E-state index contributed by atoms with van der Waals surface area (Å²) in [6.45, 7) is 9.79. The first-order valence-corrected chi connectivity index (χ1v) is 9.43. The highest BCUT2D eigenvalue weighted by Crippen LogP contribution is 2.23. The first kappa shape index (κ1) is 16.6. The van der Waals surface area contributed by atoms with E-state index in [1.165, 1.54) is 10.9 Å². The second-order valence-electron chi connectivity index (χ2n) is 7.38. The van der Waals surface area contributed by atoms with Gasteiger partial charge in [0.25, 0.3) is 0 Å². The monoisotopic (exact) mass is 340 g/mol. The Morgan fingerprint density at radius 1 is 1.12 bits per heavy atom.